The molecule has 3 aromatic carbocycles. The van der Waals surface area contributed by atoms with E-state index in [0.717, 1.165) is 5.56 Å². The number of benzene rings is 3. The molecule has 9 nitrogen and oxygen atoms in total. The minimum Gasteiger partial charge on any atom is -0.508 e. The van der Waals surface area contributed by atoms with Crippen molar-refractivity contribution in [1.29, 1.82) is 0 Å². The summed E-state index contributed by atoms with van der Waals surface area (Å²) in [6.07, 6.45) is -0.622. The molecule has 0 aliphatic carbocycles. The second-order valence-corrected chi connectivity index (χ2v) is 12.3. The number of carbonyl (C=O) groups is 1. The molecule has 0 spiro atoms. The number of nitrogens with one attached hydrogen (secondary N) is 3. The topological polar surface area (TPSA) is 124 Å². The third-order valence-electron chi connectivity index (χ3n) is 6.23. The zero-order valence-corrected chi connectivity index (χ0v) is 23.5. The summed E-state index contributed by atoms with van der Waals surface area (Å²) in [6, 6.07) is 18.3. The van der Waals surface area contributed by atoms with Crippen molar-refractivity contribution in [2.75, 3.05) is 31.9 Å². The van der Waals surface area contributed by atoms with E-state index in [2.05, 4.69) is 35.8 Å². The Labute approximate surface area is 228 Å². The van der Waals surface area contributed by atoms with Crippen LogP contribution in [0.1, 0.15) is 26.3 Å². The van der Waals surface area contributed by atoms with Crippen LogP contribution >= 0.6 is 0 Å². The van der Waals surface area contributed by atoms with Gasteiger partial charge in [0.05, 0.1) is 10.5 Å². The maximum atomic E-state index is 13.2. The maximum Gasteiger partial charge on any atom is 0.413 e. The van der Waals surface area contributed by atoms with Crippen molar-refractivity contribution >= 4 is 32.7 Å². The van der Waals surface area contributed by atoms with Crippen molar-refractivity contribution in [1.82, 2.24) is 15.2 Å². The van der Waals surface area contributed by atoms with Crippen molar-refractivity contribution in [3.05, 3.63) is 72.3 Å². The molecule has 0 fully saturated rings. The molecular weight excluding hydrogens is 516 g/mol. The molecule has 1 amide bonds. The van der Waals surface area contributed by atoms with Gasteiger partial charge < -0.3 is 25.0 Å². The lowest BCUT2D eigenvalue weighted by Gasteiger charge is -2.19. The first-order valence-electron chi connectivity index (χ1n) is 12.5. The van der Waals surface area contributed by atoms with Crippen LogP contribution in [-0.4, -0.2) is 56.7 Å². The van der Waals surface area contributed by atoms with E-state index in [-0.39, 0.29) is 21.9 Å². The average molecular weight is 551 g/mol. The smallest absolute Gasteiger partial charge is 0.413 e. The van der Waals surface area contributed by atoms with Crippen molar-refractivity contribution in [2.45, 2.75) is 31.1 Å². The number of sulfonamides is 1. The molecule has 1 heterocycles. The van der Waals surface area contributed by atoms with E-state index in [9.17, 15) is 18.3 Å². The molecular formula is C29H34N4O5S. The number of aromatic amines is 1. The zero-order chi connectivity index (χ0) is 28.4. The van der Waals surface area contributed by atoms with E-state index in [1.807, 2.05) is 31.1 Å². The van der Waals surface area contributed by atoms with E-state index in [4.69, 9.17) is 4.74 Å². The first kappa shape index (κ1) is 28.0. The molecule has 0 saturated heterocycles. The molecule has 0 unspecified atom stereocenters. The van der Waals surface area contributed by atoms with Gasteiger partial charge in [0.1, 0.15) is 5.75 Å². The van der Waals surface area contributed by atoms with E-state index < -0.39 is 16.1 Å². The molecule has 0 saturated carbocycles. The summed E-state index contributed by atoms with van der Waals surface area (Å²) in [7, 11) is -0.0432. The molecule has 4 aromatic rings. The van der Waals surface area contributed by atoms with Gasteiger partial charge in [-0.25, -0.2) is 13.2 Å². The number of H-pyrrole nitrogens is 1. The largest absolute Gasteiger partial charge is 0.508 e. The fraction of sp³-hybridized carbons (Fsp3) is 0.276. The number of phenolic OH excluding ortho intramolecular Hbond substituents is 1. The predicted molar refractivity (Wildman–Crippen MR) is 154 cm³/mol. The van der Waals surface area contributed by atoms with Gasteiger partial charge >= 0.3 is 6.09 Å². The number of rotatable bonds is 8. The number of anilines is 1. The van der Waals surface area contributed by atoms with Gasteiger partial charge in [0.25, 0.3) is 10.0 Å². The molecule has 0 radical (unpaired) electrons. The second-order valence-electron chi connectivity index (χ2n) is 10.6. The Balaban J connectivity index is 1.68. The van der Waals surface area contributed by atoms with Crippen molar-refractivity contribution in [2.24, 2.45) is 0 Å². The zero-order valence-electron chi connectivity index (χ0n) is 22.7. The van der Waals surface area contributed by atoms with Crippen molar-refractivity contribution in [3.63, 3.8) is 0 Å². The van der Waals surface area contributed by atoms with E-state index >= 15 is 0 Å². The van der Waals surface area contributed by atoms with E-state index in [1.54, 1.807) is 42.5 Å². The van der Waals surface area contributed by atoms with Gasteiger partial charge in [0, 0.05) is 29.7 Å². The molecule has 4 N–H and O–H groups in total. The van der Waals surface area contributed by atoms with E-state index in [0.29, 0.717) is 40.8 Å². The fourth-order valence-corrected chi connectivity index (χ4v) is 5.13. The Hall–Kier alpha value is -4.02. The van der Waals surface area contributed by atoms with Crippen LogP contribution < -0.4 is 14.8 Å². The molecule has 1 aromatic heterocycles. The highest BCUT2D eigenvalue weighted by atomic mass is 32.2. The molecule has 10 heteroatoms. The lowest BCUT2D eigenvalue weighted by molar-refractivity contribution is 0.198. The van der Waals surface area contributed by atoms with Crippen LogP contribution in [-0.2, 0) is 15.4 Å². The number of fused-ring (bicyclic) bond motifs is 1. The molecule has 4 rings (SSSR count). The lowest BCUT2D eigenvalue weighted by Crippen LogP contribution is -2.33. The second kappa shape index (κ2) is 11.0. The van der Waals surface area contributed by atoms with Crippen LogP contribution in [0.3, 0.4) is 0 Å². The number of likely N-dealkylation sites (N-methyl/N-ethyl adjacent to an activating group) is 1. The highest BCUT2D eigenvalue weighted by Crippen LogP contribution is 2.39. The van der Waals surface area contributed by atoms with E-state index in [1.165, 1.54) is 12.1 Å². The molecule has 0 aliphatic heterocycles. The Morgan fingerprint density at radius 2 is 1.67 bits per heavy atom. The number of carbonyl (C=O) groups excluding carboxylic acids is 1. The standard InChI is InChI=1S/C29H34N4O5S/c1-29(2,3)20-8-13-23(14-9-20)39(36,37)32-21-10-15-25-24(18-21)26(19-6-11-22(34)12-7-19)27(31-25)38-28(35)30-16-17-33(4)5/h6-15,18,31-32,34H,16-17H2,1-5H3,(H,30,35). The number of nitrogens with zero attached hydrogens (tertiary/aromatic N) is 1. The fourth-order valence-electron chi connectivity index (χ4n) is 4.08. The number of phenols is 1. The Morgan fingerprint density at radius 3 is 2.28 bits per heavy atom. The van der Waals surface area contributed by atoms with Gasteiger partial charge in [-0.3, -0.25) is 4.72 Å². The number of hydrogen-bond acceptors (Lipinski definition) is 6. The van der Waals surface area contributed by atoms with Crippen LogP contribution in [0.5, 0.6) is 11.6 Å². The monoisotopic (exact) mass is 550 g/mol. The van der Waals surface area contributed by atoms with Gasteiger partial charge in [-0.05, 0) is 73.1 Å². The highest BCUT2D eigenvalue weighted by Gasteiger charge is 2.21. The summed E-state index contributed by atoms with van der Waals surface area (Å²) in [5, 5.41) is 13.1. The minimum absolute atomic E-state index is 0.0911. The molecule has 39 heavy (non-hydrogen) atoms. The van der Waals surface area contributed by atoms with Crippen LogP contribution in [0.15, 0.2) is 71.6 Å². The average Bonchev–Trinajstić information content (AvgIpc) is 3.20. The van der Waals surface area contributed by atoms with Gasteiger partial charge in [-0.15, -0.1) is 0 Å². The first-order chi connectivity index (χ1) is 18.3. The first-order valence-corrected chi connectivity index (χ1v) is 14.0. The SMILES string of the molecule is CN(C)CCNC(=O)Oc1[nH]c2ccc(NS(=O)(=O)c3ccc(C(C)(C)C)cc3)cc2c1-c1ccc(O)cc1. The minimum atomic E-state index is -3.85. The predicted octanol–water partition coefficient (Wildman–Crippen LogP) is 5.29. The summed E-state index contributed by atoms with van der Waals surface area (Å²) in [4.78, 5) is 17.7. The Bertz CT molecular complexity index is 1570. The summed E-state index contributed by atoms with van der Waals surface area (Å²) >= 11 is 0. The van der Waals surface area contributed by atoms with Crippen molar-refractivity contribution in [3.8, 4) is 22.8 Å². The van der Waals surface area contributed by atoms with Gasteiger partial charge in [0.2, 0.25) is 5.88 Å². The summed E-state index contributed by atoms with van der Waals surface area (Å²) in [5.41, 5.74) is 3.17. The van der Waals surface area contributed by atoms with Crippen LogP contribution in [0.2, 0.25) is 0 Å². The highest BCUT2D eigenvalue weighted by molar-refractivity contribution is 7.92. The van der Waals surface area contributed by atoms with Crippen LogP contribution in [0.25, 0.3) is 22.0 Å². The third-order valence-corrected chi connectivity index (χ3v) is 7.62. The summed E-state index contributed by atoms with van der Waals surface area (Å²) in [6.45, 7) is 7.26. The number of aromatic nitrogens is 1. The normalized spacial score (nSPS) is 12.1. The molecule has 0 atom stereocenters. The number of amides is 1. The molecule has 206 valence electrons. The summed E-state index contributed by atoms with van der Waals surface area (Å²) in [5.74, 6) is 0.296. The number of hydrogen-bond donors (Lipinski definition) is 4. The molecule has 0 aliphatic rings. The molecule has 0 bridgehead atoms. The van der Waals surface area contributed by atoms with Gasteiger partial charge in [-0.2, -0.15) is 0 Å². The van der Waals surface area contributed by atoms with Crippen molar-refractivity contribution < 1.29 is 23.1 Å². The maximum absolute atomic E-state index is 13.2. The lowest BCUT2D eigenvalue weighted by atomic mass is 9.87. The number of ether oxygens (including phenoxy) is 1. The van der Waals surface area contributed by atoms with Gasteiger partial charge in [-0.1, -0.05) is 45.0 Å². The Morgan fingerprint density at radius 1 is 1.00 bits per heavy atom. The van der Waals surface area contributed by atoms with Gasteiger partial charge in [0.15, 0.2) is 0 Å². The Kier molecular flexibility index (Phi) is 7.89. The third kappa shape index (κ3) is 6.71. The van der Waals surface area contributed by atoms with Crippen LogP contribution in [0, 0.1) is 0 Å². The quantitative estimate of drug-likeness (QED) is 0.236. The summed E-state index contributed by atoms with van der Waals surface area (Å²) < 4.78 is 34.6. The van der Waals surface area contributed by atoms with Crippen LogP contribution in [0.4, 0.5) is 10.5 Å². The number of aromatic hydroxyl groups is 1.